The number of ketones is 2. The summed E-state index contributed by atoms with van der Waals surface area (Å²) < 4.78 is 21.1. The zero-order valence-electron chi connectivity index (χ0n) is 20.9. The summed E-state index contributed by atoms with van der Waals surface area (Å²) in [4.78, 5) is 47.0. The monoisotopic (exact) mass is 512 g/mol. The largest absolute Gasteiger partial charge is 0.493 e. The Bertz CT molecular complexity index is 1640. The van der Waals surface area contributed by atoms with E-state index in [2.05, 4.69) is 0 Å². The smallest absolute Gasteiger partial charge is 0.343 e. The first-order valence-electron chi connectivity index (χ1n) is 12.1. The van der Waals surface area contributed by atoms with E-state index in [0.29, 0.717) is 59.5 Å². The van der Waals surface area contributed by atoms with Gasteiger partial charge in [-0.3, -0.25) is 9.59 Å². The van der Waals surface area contributed by atoms with Crippen LogP contribution in [0.2, 0.25) is 0 Å². The topological polar surface area (TPSA) is 113 Å². The first-order chi connectivity index (χ1) is 18.4. The summed E-state index contributed by atoms with van der Waals surface area (Å²) in [6.07, 6.45) is 7.86. The predicted octanol–water partition coefficient (Wildman–Crippen LogP) is 4.66. The molecule has 192 valence electrons. The molecule has 0 aliphatic heterocycles. The van der Waals surface area contributed by atoms with Gasteiger partial charge in [0.25, 0.3) is 0 Å². The van der Waals surface area contributed by atoms with E-state index in [1.165, 1.54) is 26.4 Å². The van der Waals surface area contributed by atoms with Crippen molar-refractivity contribution < 1.29 is 27.9 Å². The van der Waals surface area contributed by atoms with Crippen LogP contribution >= 0.6 is 0 Å². The third kappa shape index (κ3) is 4.56. The molecule has 0 saturated heterocycles. The van der Waals surface area contributed by atoms with Gasteiger partial charge in [0.1, 0.15) is 0 Å². The standard InChI is InChI=1S/2C15H12O4/c2*1-18-13-4-2-3-11-10-7-5-9(16)6-8-12(10)15(17)19-14(11)13/h2*2-4,6,8H,5,7H2,1H3. The van der Waals surface area contributed by atoms with Crippen molar-refractivity contribution in [2.75, 3.05) is 14.2 Å². The molecule has 2 aliphatic rings. The molecule has 2 aromatic heterocycles. The zero-order chi connectivity index (χ0) is 26.8. The molecule has 0 N–H and O–H groups in total. The highest BCUT2D eigenvalue weighted by atomic mass is 16.5. The van der Waals surface area contributed by atoms with Crippen LogP contribution < -0.4 is 20.7 Å². The normalized spacial score (nSPS) is 14.3. The number of methoxy groups -OCH3 is 2. The molecule has 0 radical (unpaired) electrons. The molecular formula is C30H24O8. The average Bonchev–Trinajstić information content (AvgIpc) is 3.25. The molecule has 6 rings (SSSR count). The second kappa shape index (κ2) is 10.3. The van der Waals surface area contributed by atoms with E-state index in [-0.39, 0.29) is 11.6 Å². The van der Waals surface area contributed by atoms with Crippen LogP contribution in [0.4, 0.5) is 0 Å². The number of carbonyl (C=O) groups is 2. The zero-order valence-corrected chi connectivity index (χ0v) is 20.9. The number of allylic oxidation sites excluding steroid dienone is 2. The summed E-state index contributed by atoms with van der Waals surface area (Å²) >= 11 is 0. The van der Waals surface area contributed by atoms with E-state index in [9.17, 15) is 19.2 Å². The highest BCUT2D eigenvalue weighted by molar-refractivity contribution is 5.98. The van der Waals surface area contributed by atoms with Crippen molar-refractivity contribution in [3.8, 4) is 11.5 Å². The molecule has 0 atom stereocenters. The highest BCUT2D eigenvalue weighted by Gasteiger charge is 2.19. The molecule has 0 fully saturated rings. The number of fused-ring (bicyclic) bond motifs is 6. The molecule has 0 saturated carbocycles. The molecule has 2 aliphatic carbocycles. The van der Waals surface area contributed by atoms with Gasteiger partial charge in [0.05, 0.1) is 25.3 Å². The van der Waals surface area contributed by atoms with E-state index in [1.807, 2.05) is 24.3 Å². The fourth-order valence-corrected chi connectivity index (χ4v) is 4.76. The Morgan fingerprint density at radius 1 is 0.579 bits per heavy atom. The van der Waals surface area contributed by atoms with Crippen molar-refractivity contribution in [1.82, 2.24) is 0 Å². The van der Waals surface area contributed by atoms with Gasteiger partial charge >= 0.3 is 11.3 Å². The van der Waals surface area contributed by atoms with Gasteiger partial charge in [-0.05, 0) is 60.4 Å². The SMILES string of the molecule is COc1cccc2c3c(c(=O)oc12)C=CC(=O)CC3.COc1cccc2c3c(c(=O)oc12)C=CC(=O)CC3. The van der Waals surface area contributed by atoms with E-state index in [1.54, 1.807) is 24.3 Å². The molecular weight excluding hydrogens is 488 g/mol. The van der Waals surface area contributed by atoms with E-state index >= 15 is 0 Å². The number of aryl methyl sites for hydroxylation is 2. The second-order valence-corrected chi connectivity index (χ2v) is 8.84. The Morgan fingerprint density at radius 2 is 1.00 bits per heavy atom. The average molecular weight is 513 g/mol. The van der Waals surface area contributed by atoms with Crippen molar-refractivity contribution in [2.24, 2.45) is 0 Å². The van der Waals surface area contributed by atoms with Gasteiger partial charge < -0.3 is 18.3 Å². The molecule has 8 heteroatoms. The number of carbonyl (C=O) groups excluding carboxylic acids is 2. The number of benzene rings is 2. The minimum atomic E-state index is -0.432. The fourth-order valence-electron chi connectivity index (χ4n) is 4.76. The quantitative estimate of drug-likeness (QED) is 0.357. The van der Waals surface area contributed by atoms with Crippen molar-refractivity contribution in [3.05, 3.63) is 91.6 Å². The maximum absolute atomic E-state index is 12.0. The number of hydrogen-bond donors (Lipinski definition) is 0. The van der Waals surface area contributed by atoms with Gasteiger partial charge in [-0.25, -0.2) is 9.59 Å². The number of ether oxygens (including phenoxy) is 2. The first-order valence-corrected chi connectivity index (χ1v) is 12.1. The van der Waals surface area contributed by atoms with Crippen LogP contribution in [0.15, 0.2) is 67.0 Å². The Morgan fingerprint density at radius 3 is 1.39 bits per heavy atom. The van der Waals surface area contributed by atoms with E-state index in [4.69, 9.17) is 18.3 Å². The third-order valence-corrected chi connectivity index (χ3v) is 6.64. The summed E-state index contributed by atoms with van der Waals surface area (Å²) in [5.74, 6) is 1.09. The molecule has 8 nitrogen and oxygen atoms in total. The molecule has 2 heterocycles. The van der Waals surface area contributed by atoms with Crippen LogP contribution in [0.25, 0.3) is 34.1 Å². The third-order valence-electron chi connectivity index (χ3n) is 6.64. The Kier molecular flexibility index (Phi) is 6.79. The minimum Gasteiger partial charge on any atom is -0.493 e. The molecule has 0 spiro atoms. The van der Waals surface area contributed by atoms with Gasteiger partial charge in [0, 0.05) is 23.6 Å². The van der Waals surface area contributed by atoms with Gasteiger partial charge in [-0.1, -0.05) is 24.3 Å². The fraction of sp³-hybridized carbons (Fsp3) is 0.200. The van der Waals surface area contributed by atoms with Gasteiger partial charge in [0.15, 0.2) is 34.2 Å². The predicted molar refractivity (Wildman–Crippen MR) is 143 cm³/mol. The first kappa shape index (κ1) is 25.0. The van der Waals surface area contributed by atoms with Gasteiger partial charge in [-0.15, -0.1) is 0 Å². The van der Waals surface area contributed by atoms with Crippen LogP contribution in [-0.2, 0) is 22.4 Å². The lowest BCUT2D eigenvalue weighted by atomic mass is 10.0. The number of rotatable bonds is 2. The molecule has 2 aromatic carbocycles. The lowest BCUT2D eigenvalue weighted by Gasteiger charge is -2.09. The Balaban J connectivity index is 0.000000155. The Labute approximate surface area is 216 Å². The lowest BCUT2D eigenvalue weighted by molar-refractivity contribution is -0.115. The van der Waals surface area contributed by atoms with Crippen molar-refractivity contribution in [3.63, 3.8) is 0 Å². The molecule has 0 amide bonds. The molecule has 4 aromatic rings. The van der Waals surface area contributed by atoms with Gasteiger partial charge in [0.2, 0.25) is 0 Å². The highest BCUT2D eigenvalue weighted by Crippen LogP contribution is 2.31. The number of para-hydroxylation sites is 2. The van der Waals surface area contributed by atoms with E-state index < -0.39 is 11.3 Å². The molecule has 0 bridgehead atoms. The molecule has 38 heavy (non-hydrogen) atoms. The van der Waals surface area contributed by atoms with Gasteiger partial charge in [-0.2, -0.15) is 0 Å². The van der Waals surface area contributed by atoms with Crippen molar-refractivity contribution >= 4 is 45.7 Å². The summed E-state index contributed by atoms with van der Waals surface area (Å²) in [6, 6.07) is 10.9. The van der Waals surface area contributed by atoms with Crippen molar-refractivity contribution in [1.29, 1.82) is 0 Å². The van der Waals surface area contributed by atoms with Crippen LogP contribution in [-0.4, -0.2) is 25.8 Å². The van der Waals surface area contributed by atoms with Crippen LogP contribution in [0.5, 0.6) is 11.5 Å². The number of hydrogen-bond acceptors (Lipinski definition) is 8. The maximum atomic E-state index is 12.0. The summed E-state index contributed by atoms with van der Waals surface area (Å²) in [5, 5.41) is 1.65. The van der Waals surface area contributed by atoms with E-state index in [0.717, 1.165) is 21.9 Å². The summed E-state index contributed by atoms with van der Waals surface area (Å²) in [7, 11) is 3.06. The second-order valence-electron chi connectivity index (χ2n) is 8.84. The summed E-state index contributed by atoms with van der Waals surface area (Å²) in [5.41, 5.74) is 2.65. The summed E-state index contributed by atoms with van der Waals surface area (Å²) in [6.45, 7) is 0. The minimum absolute atomic E-state index is 0.0200. The van der Waals surface area contributed by atoms with Crippen molar-refractivity contribution in [2.45, 2.75) is 25.7 Å². The molecule has 0 unspecified atom stereocenters. The lowest BCUT2D eigenvalue weighted by Crippen LogP contribution is -2.08. The van der Waals surface area contributed by atoms with Crippen LogP contribution in [0, 0.1) is 0 Å². The van der Waals surface area contributed by atoms with Crippen LogP contribution in [0.3, 0.4) is 0 Å². The maximum Gasteiger partial charge on any atom is 0.343 e. The van der Waals surface area contributed by atoms with Crippen LogP contribution in [0.1, 0.15) is 35.1 Å². The Hall–Kier alpha value is -4.72.